The van der Waals surface area contributed by atoms with E-state index in [2.05, 4.69) is 25.8 Å². The Morgan fingerprint density at radius 1 is 0.437 bits per heavy atom. The smallest absolute Gasteiger partial charge is 0.394 e. The fraction of sp³-hybridized carbons (Fsp3) is 0.895. The monoisotopic (exact) mass is 1760 g/mol. The normalized spacial score (nSPS) is 29.3. The number of phosphoric acid groups is 2. The molecule has 10 unspecified atom stereocenters. The third kappa shape index (κ3) is 38.7. The lowest BCUT2D eigenvalue weighted by atomic mass is 9.92. The lowest BCUT2D eigenvalue weighted by Gasteiger charge is -2.40. The molecule has 5 aliphatic rings. The summed E-state index contributed by atoms with van der Waals surface area (Å²) < 4.78 is 104. The lowest BCUT2D eigenvalue weighted by molar-refractivity contribution is -0.282. The number of carbonyl (C=O) groups excluding carboxylic acids is 8. The molecule has 5 aliphatic heterocycles. The molecule has 0 bridgehead atoms. The Kier molecular flexibility index (Phi) is 49.5. The Balaban J connectivity index is 1.17. The van der Waals surface area contributed by atoms with Gasteiger partial charge < -0.3 is 134 Å². The molecular weight excluding hydrogens is 1620 g/mol. The molecule has 41 nitrogen and oxygen atoms in total. The average molecular weight is 1760 g/mol. The van der Waals surface area contributed by atoms with Crippen molar-refractivity contribution in [3.05, 3.63) is 0 Å². The second-order valence-corrected chi connectivity index (χ2v) is 34.2. The molecule has 0 aliphatic carbocycles. The van der Waals surface area contributed by atoms with E-state index in [-0.39, 0.29) is 140 Å². The summed E-state index contributed by atoms with van der Waals surface area (Å²) >= 11 is 0. The largest absolute Gasteiger partial charge is 0.472 e. The fourth-order valence-electron chi connectivity index (χ4n) is 14.1. The van der Waals surface area contributed by atoms with Gasteiger partial charge in [0.05, 0.1) is 109 Å². The maximum Gasteiger partial charge on any atom is 0.472 e. The van der Waals surface area contributed by atoms with Crippen molar-refractivity contribution in [2.75, 3.05) is 126 Å². The number of phosphoric ester groups is 2. The topological polar surface area (TPSA) is 594 Å². The van der Waals surface area contributed by atoms with Gasteiger partial charge in [0.25, 0.3) is 0 Å². The number of carbonyl (C=O) groups is 8. The summed E-state index contributed by atoms with van der Waals surface area (Å²) in [6, 6.07) is -1.03. The maximum atomic E-state index is 14.4. The van der Waals surface area contributed by atoms with Gasteiger partial charge in [0.2, 0.25) is 29.5 Å². The number of nitrogens with zero attached hydrogens (tertiary/aromatic N) is 1. The van der Waals surface area contributed by atoms with Crippen molar-refractivity contribution < 1.29 is 174 Å². The van der Waals surface area contributed by atoms with E-state index >= 15 is 0 Å². The molecule has 0 spiro atoms. The van der Waals surface area contributed by atoms with Crippen LogP contribution in [0.15, 0.2) is 0 Å². The third-order valence-electron chi connectivity index (χ3n) is 21.3. The number of nitrogens with one attached hydrogen (secondary N) is 4. The highest BCUT2D eigenvalue weighted by molar-refractivity contribution is 7.47. The first-order valence-corrected chi connectivity index (χ1v) is 44.6. The van der Waals surface area contributed by atoms with Crippen LogP contribution >= 0.6 is 15.6 Å². The Labute approximate surface area is 695 Å². The number of Topliss-reactive ketones (excluding diaryl/α,β-unsaturated/α-hetero) is 3. The van der Waals surface area contributed by atoms with Gasteiger partial charge in [0.15, 0.2) is 18.9 Å². The number of ketones is 3. The minimum absolute atomic E-state index is 0.00525. The second kappa shape index (κ2) is 56.0. The molecule has 0 aromatic heterocycles. The van der Waals surface area contributed by atoms with Gasteiger partial charge in [-0.25, -0.2) is 9.13 Å². The van der Waals surface area contributed by atoms with Crippen LogP contribution in [0.5, 0.6) is 0 Å². The molecule has 23 atom stereocenters. The summed E-state index contributed by atoms with van der Waals surface area (Å²) in [5.41, 5.74) is -1.73. The van der Waals surface area contributed by atoms with E-state index in [1.54, 1.807) is 27.7 Å². The van der Waals surface area contributed by atoms with Gasteiger partial charge in [-0.1, -0.05) is 27.2 Å². The van der Waals surface area contributed by atoms with Crippen LogP contribution < -0.4 is 21.3 Å². The minimum Gasteiger partial charge on any atom is -0.394 e. The quantitative estimate of drug-likeness (QED) is 0.0202. The van der Waals surface area contributed by atoms with Crippen molar-refractivity contribution >= 4 is 62.5 Å². The van der Waals surface area contributed by atoms with Gasteiger partial charge in [-0.3, -0.25) is 56.5 Å². The molecule has 5 amide bonds. The van der Waals surface area contributed by atoms with Crippen LogP contribution in [0.2, 0.25) is 0 Å². The highest BCUT2D eigenvalue weighted by atomic mass is 31.2. The Hall–Kier alpha value is -4.22. The summed E-state index contributed by atoms with van der Waals surface area (Å²) in [7, 11) is -8.54. The zero-order valence-electron chi connectivity index (χ0n) is 69.3. The highest BCUT2D eigenvalue weighted by Gasteiger charge is 2.47. The summed E-state index contributed by atoms with van der Waals surface area (Å²) in [4.78, 5) is 128. The molecule has 0 saturated carbocycles. The van der Waals surface area contributed by atoms with Crippen LogP contribution in [0.3, 0.4) is 0 Å². The van der Waals surface area contributed by atoms with Crippen LogP contribution in [-0.4, -0.2) is 348 Å². The molecular formula is C76H135N5O36P2. The number of likely N-dealkylation sites (tertiary alicyclic amines) is 1. The number of rotatable bonds is 63. The standard InChI is InChI=1S/C76H135N5O36P2/c1-48-36-57(117-118(100,101)104-5)61(112-48)44-111-119(102,103)116-56-37-52(40-82)81(39-56)66(93)38-65(92)80-76(45-105-33-24-55(88)19-8-6-7-18-53(86)21-10-14-30-108-73-49(2)67(94)70(97)58(41-83)113-73,46-106-34-25-63(90)77-27-13-9-20-54(87)22-11-15-31-109-74-50(3)68(95)71(98)59(42-84)114-74)47-107-35-26-64(91)79-29-17-28-78-62(89)23-12-16-32-110-75-51(4)69(96)72(99)60(43-85)115-75/h48-52,56-61,67-75,82-85,94-99H,6-47H2,1-5H3,(H,77,90)(H,78,89)(H,79,91)(H,80,92)(H,100,101)(H,102,103)/t48-,49?,50?,51?,52-,56+,57?,58?,59?,60?,61+,67+,68+,69+,70-,71-,72-,73+,74+,75+,76?/m0/s1. The van der Waals surface area contributed by atoms with Crippen LogP contribution in [0.4, 0.5) is 0 Å². The van der Waals surface area contributed by atoms with Crippen LogP contribution in [-0.2, 0) is 113 Å². The van der Waals surface area contributed by atoms with Crippen LogP contribution in [0, 0.1) is 17.8 Å². The number of unbranched alkanes of at least 4 members (excludes halogenated alkanes) is 6. The molecule has 5 saturated heterocycles. The predicted octanol–water partition coefficient (Wildman–Crippen LogP) is -0.791. The van der Waals surface area contributed by atoms with Crippen molar-refractivity contribution in [3.63, 3.8) is 0 Å². The van der Waals surface area contributed by atoms with Crippen molar-refractivity contribution in [1.82, 2.24) is 26.2 Å². The molecule has 5 rings (SSSR count). The number of aliphatic hydroxyl groups excluding tert-OH is 10. The third-order valence-corrected chi connectivity index (χ3v) is 23.4. The van der Waals surface area contributed by atoms with E-state index in [4.69, 9.17) is 60.9 Å². The number of amides is 5. The van der Waals surface area contributed by atoms with Crippen molar-refractivity contribution in [2.45, 2.75) is 292 Å². The fourth-order valence-corrected chi connectivity index (χ4v) is 15.7. The van der Waals surface area contributed by atoms with Crippen LogP contribution in [0.25, 0.3) is 0 Å². The Bertz CT molecular complexity index is 2890. The van der Waals surface area contributed by atoms with Gasteiger partial charge in [-0.05, 0) is 84.0 Å². The minimum atomic E-state index is -4.99. The van der Waals surface area contributed by atoms with E-state index in [1.165, 1.54) is 0 Å². The summed E-state index contributed by atoms with van der Waals surface area (Å²) in [5, 5.41) is 111. The van der Waals surface area contributed by atoms with E-state index < -0.39 is 233 Å². The molecule has 0 aromatic rings. The zero-order chi connectivity index (χ0) is 87.7. The summed E-state index contributed by atoms with van der Waals surface area (Å²) in [6.07, 6.45) is -10.9. The molecule has 0 aromatic carbocycles. The number of aliphatic hydroxyl groups is 10. The number of ether oxygens (including phenoxy) is 10. The molecule has 5 fully saturated rings. The maximum absolute atomic E-state index is 14.4. The zero-order valence-corrected chi connectivity index (χ0v) is 71.0. The first-order valence-electron chi connectivity index (χ1n) is 41.6. The van der Waals surface area contributed by atoms with Crippen molar-refractivity contribution in [3.8, 4) is 0 Å². The van der Waals surface area contributed by atoms with E-state index in [0.29, 0.717) is 89.9 Å². The second-order valence-electron chi connectivity index (χ2n) is 31.3. The van der Waals surface area contributed by atoms with Crippen molar-refractivity contribution in [2.24, 2.45) is 17.8 Å². The Morgan fingerprint density at radius 3 is 1.28 bits per heavy atom. The van der Waals surface area contributed by atoms with Gasteiger partial charge in [-0.2, -0.15) is 0 Å². The van der Waals surface area contributed by atoms with Crippen molar-refractivity contribution in [1.29, 1.82) is 0 Å². The summed E-state index contributed by atoms with van der Waals surface area (Å²) in [5.74, 6) is -4.74. The van der Waals surface area contributed by atoms with Gasteiger partial charge in [0.1, 0.15) is 78.1 Å². The van der Waals surface area contributed by atoms with E-state index in [9.17, 15) is 108 Å². The molecule has 16 N–H and O–H groups in total. The molecule has 690 valence electrons. The first kappa shape index (κ1) is 105. The molecule has 0 radical (unpaired) electrons. The number of hydrogen-bond acceptors (Lipinski definition) is 34. The molecule has 5 heterocycles. The summed E-state index contributed by atoms with van der Waals surface area (Å²) in [6.45, 7) is 2.59. The number of hydrogen-bond donors (Lipinski definition) is 16. The van der Waals surface area contributed by atoms with Crippen LogP contribution in [0.1, 0.15) is 182 Å². The van der Waals surface area contributed by atoms with E-state index in [0.717, 1.165) is 12.0 Å². The van der Waals surface area contributed by atoms with Gasteiger partial charge in [0, 0.05) is 135 Å². The first-order chi connectivity index (χ1) is 56.7. The molecule has 43 heteroatoms. The van der Waals surface area contributed by atoms with Gasteiger partial charge in [-0.15, -0.1) is 0 Å². The SMILES string of the molecule is COP(=O)(O)OC1C[C@H](C)O[C@@H]1COP(=O)(O)O[C@@H]1C[C@@H](CO)N(C(=O)CC(=O)NC(COCCC(=O)CCCCCC(=O)CCCCO[C@@H]2OC(CO)[C@H](O)[C@H](O)C2C)(COCCC(=O)NCCCCC(=O)CCCCO[C@@H]2OC(CO)[C@H](O)[C@H](O)C2C)COCCC(=O)NCCCNC(=O)CCCCO[C@@H]2OC(CO)[C@H](O)[C@H](O)C2C)C1. The van der Waals surface area contributed by atoms with E-state index in [1.807, 2.05) is 0 Å². The molecule has 119 heavy (non-hydrogen) atoms. The average Bonchev–Trinajstić information content (AvgIpc) is 1.78. The van der Waals surface area contributed by atoms with Gasteiger partial charge >= 0.3 is 15.6 Å². The Morgan fingerprint density at radius 2 is 0.840 bits per heavy atom. The predicted molar refractivity (Wildman–Crippen MR) is 416 cm³/mol. The highest BCUT2D eigenvalue weighted by Crippen LogP contribution is 2.50. The lowest BCUT2D eigenvalue weighted by Crippen LogP contribution is -2.59.